The van der Waals surface area contributed by atoms with Crippen LogP contribution in [0.3, 0.4) is 0 Å². The van der Waals surface area contributed by atoms with Gasteiger partial charge in [-0.15, -0.1) is 0 Å². The molecule has 0 N–H and O–H groups in total. The number of aromatic nitrogens is 1. The van der Waals surface area contributed by atoms with Crippen LogP contribution >= 0.6 is 0 Å². The Labute approximate surface area is 124 Å². The molecule has 1 saturated heterocycles. The second-order valence-corrected chi connectivity index (χ2v) is 5.53. The van der Waals surface area contributed by atoms with Crippen LogP contribution < -0.4 is 4.57 Å². The molecule has 1 aliphatic heterocycles. The van der Waals surface area contributed by atoms with E-state index in [-0.39, 0.29) is 24.8 Å². The first-order chi connectivity index (χ1) is 9.99. The summed E-state index contributed by atoms with van der Waals surface area (Å²) in [6, 6.07) is 3.75. The summed E-state index contributed by atoms with van der Waals surface area (Å²) in [5.74, 6) is -0.0798. The molecule has 2 amide bonds. The minimum atomic E-state index is -0.295. The Morgan fingerprint density at radius 1 is 1.48 bits per heavy atom. The fraction of sp³-hybridized carbons (Fsp3) is 0.533. The van der Waals surface area contributed by atoms with Crippen molar-refractivity contribution in [2.45, 2.75) is 32.5 Å². The van der Waals surface area contributed by atoms with Gasteiger partial charge >= 0.3 is 6.09 Å². The number of carbonyl (C=O) groups excluding carboxylic acids is 2. The fourth-order valence-electron chi connectivity index (χ4n) is 2.40. The number of hydrogen-bond donors (Lipinski definition) is 0. The lowest BCUT2D eigenvalue weighted by atomic mass is 10.2. The Balaban J connectivity index is 1.96. The molecule has 1 atom stereocenters. The van der Waals surface area contributed by atoms with Crippen LogP contribution in [0.1, 0.15) is 30.1 Å². The van der Waals surface area contributed by atoms with Crippen LogP contribution in [0.2, 0.25) is 0 Å². The van der Waals surface area contributed by atoms with E-state index in [1.807, 2.05) is 6.92 Å². The van der Waals surface area contributed by atoms with Gasteiger partial charge in [0.25, 0.3) is 12.6 Å². The van der Waals surface area contributed by atoms with Crippen LogP contribution in [-0.4, -0.2) is 48.5 Å². The summed E-state index contributed by atoms with van der Waals surface area (Å²) in [5.41, 5.74) is 0.563. The van der Waals surface area contributed by atoms with Crippen LogP contribution in [0.4, 0.5) is 4.79 Å². The monoisotopic (exact) mass is 292 g/mol. The topological polar surface area (TPSA) is 53.7 Å². The van der Waals surface area contributed by atoms with E-state index < -0.39 is 0 Å². The number of likely N-dealkylation sites (tertiary alicyclic amines) is 1. The average molecular weight is 292 g/mol. The molecule has 0 bridgehead atoms. The highest BCUT2D eigenvalue weighted by Crippen LogP contribution is 2.17. The lowest BCUT2D eigenvalue weighted by Gasteiger charge is -2.19. The van der Waals surface area contributed by atoms with E-state index >= 15 is 0 Å². The zero-order valence-corrected chi connectivity index (χ0v) is 12.8. The molecule has 2 rings (SSSR count). The van der Waals surface area contributed by atoms with Crippen molar-refractivity contribution in [3.05, 3.63) is 30.1 Å². The number of nitrogens with zero attached hydrogens (tertiary/aromatic N) is 3. The summed E-state index contributed by atoms with van der Waals surface area (Å²) >= 11 is 0. The second-order valence-electron chi connectivity index (χ2n) is 5.53. The van der Waals surface area contributed by atoms with E-state index in [1.54, 1.807) is 48.1 Å². The molecule has 0 radical (unpaired) electrons. The van der Waals surface area contributed by atoms with Gasteiger partial charge in [-0.05, 0) is 25.8 Å². The van der Waals surface area contributed by atoms with E-state index in [9.17, 15) is 9.59 Å². The van der Waals surface area contributed by atoms with Gasteiger partial charge in [0.15, 0.2) is 12.4 Å². The summed E-state index contributed by atoms with van der Waals surface area (Å²) in [6.45, 7) is 2.89. The second kappa shape index (κ2) is 6.56. The van der Waals surface area contributed by atoms with Gasteiger partial charge in [0.1, 0.15) is 5.56 Å². The standard InChI is InChI=1S/C15H22N3O3/c1-12-6-4-9-18(12)15(20)21-11-17-8-5-7-13(10-17)14(19)16(2)3/h5,7-8,10,12H,4,6,9,11H2,1-3H3/q+1. The quantitative estimate of drug-likeness (QED) is 0.788. The van der Waals surface area contributed by atoms with Crippen molar-refractivity contribution in [2.75, 3.05) is 20.6 Å². The first-order valence-electron chi connectivity index (χ1n) is 7.13. The summed E-state index contributed by atoms with van der Waals surface area (Å²) < 4.78 is 6.99. The lowest BCUT2D eigenvalue weighted by Crippen LogP contribution is -2.41. The van der Waals surface area contributed by atoms with Crippen LogP contribution in [-0.2, 0) is 11.5 Å². The van der Waals surface area contributed by atoms with Crippen molar-refractivity contribution < 1.29 is 18.9 Å². The summed E-state index contributed by atoms with van der Waals surface area (Å²) in [5, 5.41) is 0. The normalized spacial score (nSPS) is 17.7. The molecule has 1 aromatic heterocycles. The van der Waals surface area contributed by atoms with Crippen LogP contribution in [0.25, 0.3) is 0 Å². The van der Waals surface area contributed by atoms with Gasteiger partial charge in [-0.1, -0.05) is 0 Å². The minimum Gasteiger partial charge on any atom is -0.388 e. The molecular formula is C15H22N3O3+. The SMILES string of the molecule is CC1CCCN1C(=O)OC[n+]1cccc(C(=O)N(C)C)c1. The van der Waals surface area contributed by atoms with Gasteiger partial charge in [-0.3, -0.25) is 4.79 Å². The molecule has 1 aliphatic rings. The largest absolute Gasteiger partial charge is 0.414 e. The van der Waals surface area contributed by atoms with Crippen LogP contribution in [0, 0.1) is 0 Å². The Bertz CT molecular complexity index is 531. The summed E-state index contributed by atoms with van der Waals surface area (Å²) in [4.78, 5) is 27.1. The van der Waals surface area contributed by atoms with Crippen molar-refractivity contribution in [3.8, 4) is 0 Å². The summed E-state index contributed by atoms with van der Waals surface area (Å²) in [7, 11) is 3.41. The maximum absolute atomic E-state index is 12.0. The molecule has 0 aromatic carbocycles. The highest BCUT2D eigenvalue weighted by molar-refractivity contribution is 5.93. The number of pyridine rings is 1. The molecule has 6 nitrogen and oxygen atoms in total. The lowest BCUT2D eigenvalue weighted by molar-refractivity contribution is -0.727. The predicted octanol–water partition coefficient (Wildman–Crippen LogP) is 1.25. The first-order valence-corrected chi connectivity index (χ1v) is 7.13. The number of carbonyl (C=O) groups is 2. The van der Waals surface area contributed by atoms with Gasteiger partial charge in [0, 0.05) is 32.7 Å². The van der Waals surface area contributed by atoms with E-state index in [1.165, 1.54) is 4.90 Å². The number of hydrogen-bond acceptors (Lipinski definition) is 3. The Hall–Kier alpha value is -2.11. The molecule has 0 aliphatic carbocycles. The van der Waals surface area contributed by atoms with Gasteiger partial charge < -0.3 is 14.5 Å². The van der Waals surface area contributed by atoms with Gasteiger partial charge in [-0.2, -0.15) is 4.57 Å². The van der Waals surface area contributed by atoms with Crippen molar-refractivity contribution >= 4 is 12.0 Å². The van der Waals surface area contributed by atoms with E-state index in [0.29, 0.717) is 5.56 Å². The molecule has 0 saturated carbocycles. The molecular weight excluding hydrogens is 270 g/mol. The third-order valence-corrected chi connectivity index (χ3v) is 3.64. The predicted molar refractivity (Wildman–Crippen MR) is 76.5 cm³/mol. The Kier molecular flexibility index (Phi) is 4.77. The zero-order chi connectivity index (χ0) is 15.4. The minimum absolute atomic E-state index is 0.0798. The number of amides is 2. The molecule has 21 heavy (non-hydrogen) atoms. The van der Waals surface area contributed by atoms with Crippen LogP contribution in [0.15, 0.2) is 24.5 Å². The Morgan fingerprint density at radius 3 is 2.86 bits per heavy atom. The number of rotatable bonds is 3. The molecule has 2 heterocycles. The van der Waals surface area contributed by atoms with Gasteiger partial charge in [-0.25, -0.2) is 4.79 Å². The molecule has 1 fully saturated rings. The average Bonchev–Trinajstić information content (AvgIpc) is 2.90. The maximum Gasteiger partial charge on any atom is 0.414 e. The highest BCUT2D eigenvalue weighted by Gasteiger charge is 2.27. The third-order valence-electron chi connectivity index (χ3n) is 3.64. The zero-order valence-electron chi connectivity index (χ0n) is 12.8. The van der Waals surface area contributed by atoms with E-state index in [0.717, 1.165) is 19.4 Å². The Morgan fingerprint density at radius 2 is 2.24 bits per heavy atom. The third kappa shape index (κ3) is 3.71. The molecule has 1 aromatic rings. The smallest absolute Gasteiger partial charge is 0.388 e. The highest BCUT2D eigenvalue weighted by atomic mass is 16.6. The van der Waals surface area contributed by atoms with Crippen molar-refractivity contribution in [1.82, 2.24) is 9.80 Å². The fourth-order valence-corrected chi connectivity index (χ4v) is 2.40. The van der Waals surface area contributed by atoms with Gasteiger partial charge in [0.2, 0.25) is 0 Å². The van der Waals surface area contributed by atoms with Crippen LogP contribution in [0.5, 0.6) is 0 Å². The van der Waals surface area contributed by atoms with Crippen molar-refractivity contribution in [2.24, 2.45) is 0 Å². The summed E-state index contributed by atoms with van der Waals surface area (Å²) in [6.07, 6.45) is 5.21. The van der Waals surface area contributed by atoms with E-state index in [2.05, 4.69) is 0 Å². The maximum atomic E-state index is 12.0. The first kappa shape index (κ1) is 15.3. The van der Waals surface area contributed by atoms with Gasteiger partial charge in [0.05, 0.1) is 0 Å². The number of ether oxygens (including phenoxy) is 1. The van der Waals surface area contributed by atoms with Crippen molar-refractivity contribution in [3.63, 3.8) is 0 Å². The molecule has 0 spiro atoms. The van der Waals surface area contributed by atoms with Crippen molar-refractivity contribution in [1.29, 1.82) is 0 Å². The molecule has 6 heteroatoms. The van der Waals surface area contributed by atoms with E-state index in [4.69, 9.17) is 4.74 Å². The molecule has 1 unspecified atom stereocenters. The molecule has 114 valence electrons.